The van der Waals surface area contributed by atoms with E-state index in [9.17, 15) is 9.18 Å². The van der Waals surface area contributed by atoms with Crippen molar-refractivity contribution in [1.29, 1.82) is 0 Å². The molecule has 0 spiro atoms. The highest BCUT2D eigenvalue weighted by Crippen LogP contribution is 2.33. The summed E-state index contributed by atoms with van der Waals surface area (Å²) in [5.74, 6) is -0.299. The summed E-state index contributed by atoms with van der Waals surface area (Å²) in [6.07, 6.45) is 7.26. The van der Waals surface area contributed by atoms with Crippen LogP contribution in [0.1, 0.15) is 28.8 Å². The van der Waals surface area contributed by atoms with Crippen LogP contribution in [0.4, 0.5) is 4.39 Å². The second-order valence-corrected chi connectivity index (χ2v) is 6.67. The maximum atomic E-state index is 12.9. The summed E-state index contributed by atoms with van der Waals surface area (Å²) in [7, 11) is 0. The molecule has 1 aliphatic rings. The van der Waals surface area contributed by atoms with Gasteiger partial charge in [-0.2, -0.15) is 9.78 Å². The van der Waals surface area contributed by atoms with E-state index in [4.69, 9.17) is 0 Å². The fourth-order valence-corrected chi connectivity index (χ4v) is 4.12. The number of thiophene rings is 1. The number of benzene rings is 1. The van der Waals surface area contributed by atoms with Crippen LogP contribution < -0.4 is 5.56 Å². The van der Waals surface area contributed by atoms with E-state index < -0.39 is 0 Å². The van der Waals surface area contributed by atoms with Gasteiger partial charge in [-0.1, -0.05) is 12.1 Å². The van der Waals surface area contributed by atoms with Crippen LogP contribution in [-0.4, -0.2) is 15.9 Å². The number of fused-ring (bicyclic) bond motifs is 3. The fourth-order valence-electron chi connectivity index (χ4n) is 2.90. The van der Waals surface area contributed by atoms with E-state index in [0.29, 0.717) is 5.39 Å². The van der Waals surface area contributed by atoms with Crippen molar-refractivity contribution >= 4 is 27.8 Å². The molecule has 2 aromatic heterocycles. The van der Waals surface area contributed by atoms with Crippen molar-refractivity contribution < 1.29 is 4.39 Å². The largest absolute Gasteiger partial charge is 0.282 e. The van der Waals surface area contributed by atoms with Crippen LogP contribution in [0.25, 0.3) is 10.2 Å². The van der Waals surface area contributed by atoms with Crippen molar-refractivity contribution in [2.24, 2.45) is 5.10 Å². The van der Waals surface area contributed by atoms with Gasteiger partial charge in [-0.05, 0) is 48.9 Å². The second-order valence-electron chi connectivity index (χ2n) is 5.58. The average molecular weight is 327 g/mol. The molecule has 0 unspecified atom stereocenters. The van der Waals surface area contributed by atoms with Crippen molar-refractivity contribution in [1.82, 2.24) is 9.66 Å². The van der Waals surface area contributed by atoms with E-state index >= 15 is 0 Å². The third-order valence-electron chi connectivity index (χ3n) is 4.06. The zero-order chi connectivity index (χ0) is 15.8. The third-order valence-corrected chi connectivity index (χ3v) is 5.26. The number of aryl methyl sites for hydroxylation is 2. The van der Waals surface area contributed by atoms with E-state index in [1.807, 2.05) is 0 Å². The molecule has 116 valence electrons. The van der Waals surface area contributed by atoms with Gasteiger partial charge in [0.2, 0.25) is 0 Å². The van der Waals surface area contributed by atoms with E-state index in [1.54, 1.807) is 23.5 Å². The fraction of sp³-hybridized carbons (Fsp3) is 0.235. The van der Waals surface area contributed by atoms with Crippen molar-refractivity contribution in [2.45, 2.75) is 25.7 Å². The van der Waals surface area contributed by atoms with Gasteiger partial charge in [0, 0.05) is 4.88 Å². The molecule has 0 N–H and O–H groups in total. The minimum atomic E-state index is -0.299. The number of rotatable bonds is 2. The SMILES string of the molecule is O=c1c2c3c(sc2ncn1/N=C\c1ccc(F)cc1)CCCC3. The van der Waals surface area contributed by atoms with Crippen molar-refractivity contribution in [3.8, 4) is 0 Å². The third kappa shape index (κ3) is 2.59. The average Bonchev–Trinajstić information content (AvgIpc) is 2.95. The van der Waals surface area contributed by atoms with Crippen LogP contribution >= 0.6 is 11.3 Å². The quantitative estimate of drug-likeness (QED) is 0.678. The molecule has 6 heteroatoms. The highest BCUT2D eigenvalue weighted by molar-refractivity contribution is 7.18. The van der Waals surface area contributed by atoms with Gasteiger partial charge in [0.25, 0.3) is 5.56 Å². The van der Waals surface area contributed by atoms with Gasteiger partial charge < -0.3 is 0 Å². The molecular weight excluding hydrogens is 313 g/mol. The summed E-state index contributed by atoms with van der Waals surface area (Å²) < 4.78 is 14.2. The Hall–Kier alpha value is -2.34. The number of hydrogen-bond acceptors (Lipinski definition) is 4. The van der Waals surface area contributed by atoms with Gasteiger partial charge >= 0.3 is 0 Å². The molecule has 1 aliphatic carbocycles. The van der Waals surface area contributed by atoms with Crippen LogP contribution in [0.2, 0.25) is 0 Å². The van der Waals surface area contributed by atoms with Crippen molar-refractivity contribution in [3.63, 3.8) is 0 Å². The van der Waals surface area contributed by atoms with Crippen LogP contribution in [0.3, 0.4) is 0 Å². The lowest BCUT2D eigenvalue weighted by molar-refractivity contribution is 0.628. The molecule has 1 aromatic carbocycles. The number of nitrogens with zero attached hydrogens (tertiary/aromatic N) is 3. The highest BCUT2D eigenvalue weighted by Gasteiger charge is 2.19. The molecule has 3 aromatic rings. The first-order valence-electron chi connectivity index (χ1n) is 7.54. The van der Waals surface area contributed by atoms with Crippen LogP contribution in [0.5, 0.6) is 0 Å². The summed E-state index contributed by atoms with van der Waals surface area (Å²) in [6, 6.07) is 5.95. The molecule has 0 amide bonds. The van der Waals surface area contributed by atoms with E-state index in [-0.39, 0.29) is 11.4 Å². The van der Waals surface area contributed by atoms with Crippen LogP contribution in [-0.2, 0) is 12.8 Å². The number of halogens is 1. The lowest BCUT2D eigenvalue weighted by Crippen LogP contribution is -2.18. The minimum absolute atomic E-state index is 0.132. The summed E-state index contributed by atoms with van der Waals surface area (Å²) >= 11 is 1.62. The van der Waals surface area contributed by atoms with Crippen molar-refractivity contribution in [2.75, 3.05) is 0 Å². The predicted octanol–water partition coefficient (Wildman–Crippen LogP) is 3.36. The Balaban J connectivity index is 1.77. The molecule has 4 nitrogen and oxygen atoms in total. The Labute approximate surface area is 135 Å². The van der Waals surface area contributed by atoms with Crippen molar-refractivity contribution in [3.05, 3.63) is 62.8 Å². The minimum Gasteiger partial charge on any atom is -0.267 e. The van der Waals surface area contributed by atoms with Gasteiger partial charge in [-0.3, -0.25) is 4.79 Å². The lowest BCUT2D eigenvalue weighted by Gasteiger charge is -2.09. The maximum absolute atomic E-state index is 12.9. The zero-order valence-corrected chi connectivity index (χ0v) is 13.1. The van der Waals surface area contributed by atoms with Gasteiger partial charge in [0.05, 0.1) is 11.6 Å². The summed E-state index contributed by atoms with van der Waals surface area (Å²) in [5.41, 5.74) is 1.75. The number of aromatic nitrogens is 2. The standard InChI is InChI=1S/C17H14FN3OS/c18-12-7-5-11(6-8-12)9-20-21-10-19-16-15(17(21)22)13-3-1-2-4-14(13)23-16/h5-10H,1-4H2/b20-9-. The predicted molar refractivity (Wildman–Crippen MR) is 89.9 cm³/mol. The highest BCUT2D eigenvalue weighted by atomic mass is 32.1. The van der Waals surface area contributed by atoms with Crippen LogP contribution in [0, 0.1) is 5.82 Å². The van der Waals surface area contributed by atoms with Gasteiger partial charge in [-0.25, -0.2) is 9.37 Å². The Bertz CT molecular complexity index is 956. The van der Waals surface area contributed by atoms with Crippen LogP contribution in [0.15, 0.2) is 40.5 Å². The normalized spacial score (nSPS) is 14.5. The molecule has 0 aliphatic heterocycles. The molecule has 0 bridgehead atoms. The van der Waals surface area contributed by atoms with Gasteiger partial charge in [0.15, 0.2) is 0 Å². The summed E-state index contributed by atoms with van der Waals surface area (Å²) in [6.45, 7) is 0. The topological polar surface area (TPSA) is 47.2 Å². The molecular formula is C17H14FN3OS. The second kappa shape index (κ2) is 5.70. The molecule has 23 heavy (non-hydrogen) atoms. The van der Waals surface area contributed by atoms with E-state index in [1.165, 1.54) is 40.6 Å². The summed E-state index contributed by atoms with van der Waals surface area (Å²) in [5, 5.41) is 4.89. The molecule has 0 saturated carbocycles. The lowest BCUT2D eigenvalue weighted by atomic mass is 9.97. The Morgan fingerprint density at radius 1 is 1.22 bits per heavy atom. The Morgan fingerprint density at radius 2 is 2.00 bits per heavy atom. The molecule has 0 radical (unpaired) electrons. The zero-order valence-electron chi connectivity index (χ0n) is 12.3. The first-order chi connectivity index (χ1) is 11.2. The molecule has 2 heterocycles. The Morgan fingerprint density at radius 3 is 2.83 bits per heavy atom. The first-order valence-corrected chi connectivity index (χ1v) is 8.36. The monoisotopic (exact) mass is 327 g/mol. The van der Waals surface area contributed by atoms with E-state index in [2.05, 4.69) is 10.1 Å². The molecule has 0 saturated heterocycles. The maximum Gasteiger partial charge on any atom is 0.282 e. The molecule has 0 fully saturated rings. The van der Waals surface area contributed by atoms with Gasteiger partial charge in [0.1, 0.15) is 17.0 Å². The number of hydrogen-bond donors (Lipinski definition) is 0. The molecule has 0 atom stereocenters. The summed E-state index contributed by atoms with van der Waals surface area (Å²) in [4.78, 5) is 19.2. The first kappa shape index (κ1) is 14.3. The Kier molecular flexibility index (Phi) is 3.53. The smallest absolute Gasteiger partial charge is 0.267 e. The molecule has 4 rings (SSSR count). The van der Waals surface area contributed by atoms with E-state index in [0.717, 1.165) is 35.2 Å². The van der Waals surface area contributed by atoms with Gasteiger partial charge in [-0.15, -0.1) is 11.3 Å².